The van der Waals surface area contributed by atoms with E-state index in [0.717, 1.165) is 11.3 Å². The van der Waals surface area contributed by atoms with Crippen molar-refractivity contribution in [3.05, 3.63) is 66.2 Å². The topological polar surface area (TPSA) is 41.1 Å². The summed E-state index contributed by atoms with van der Waals surface area (Å²) in [5.74, 6) is 0.0709. The second kappa shape index (κ2) is 6.75. The molecule has 3 heteroatoms. The van der Waals surface area contributed by atoms with Crippen molar-refractivity contribution < 1.29 is 4.79 Å². The van der Waals surface area contributed by atoms with E-state index in [1.807, 2.05) is 60.7 Å². The molecule has 2 atom stereocenters. The van der Waals surface area contributed by atoms with Crippen molar-refractivity contribution in [2.24, 2.45) is 0 Å². The number of carbonyl (C=O) groups excluding carboxylic acids is 1. The van der Waals surface area contributed by atoms with Gasteiger partial charge in [0.2, 0.25) is 5.91 Å². The van der Waals surface area contributed by atoms with E-state index < -0.39 is 0 Å². The number of carbonyl (C=O) groups is 1. The third-order valence-corrected chi connectivity index (χ3v) is 3.45. The van der Waals surface area contributed by atoms with Crippen LogP contribution in [0.1, 0.15) is 18.4 Å². The van der Waals surface area contributed by atoms with Crippen LogP contribution in [0.25, 0.3) is 0 Å². The van der Waals surface area contributed by atoms with Crippen LogP contribution in [0.5, 0.6) is 0 Å². The predicted octanol–water partition coefficient (Wildman–Crippen LogP) is 3.02. The third-order valence-electron chi connectivity index (χ3n) is 3.45. The highest BCUT2D eigenvalue weighted by Gasteiger charge is 2.25. The minimum atomic E-state index is -0.301. The van der Waals surface area contributed by atoms with Gasteiger partial charge in [-0.3, -0.25) is 4.79 Å². The molecule has 0 heterocycles. The summed E-state index contributed by atoms with van der Waals surface area (Å²) in [7, 11) is 1.67. The van der Waals surface area contributed by atoms with Gasteiger partial charge in [0.15, 0.2) is 0 Å². The van der Waals surface area contributed by atoms with Gasteiger partial charge in [-0.1, -0.05) is 55.5 Å². The molecule has 0 unspecified atom stereocenters. The highest BCUT2D eigenvalue weighted by atomic mass is 16.2. The monoisotopic (exact) mass is 268 g/mol. The van der Waals surface area contributed by atoms with Gasteiger partial charge >= 0.3 is 0 Å². The van der Waals surface area contributed by atoms with Gasteiger partial charge in [-0.2, -0.15) is 0 Å². The molecule has 2 N–H and O–H groups in total. The van der Waals surface area contributed by atoms with Crippen molar-refractivity contribution in [3.8, 4) is 0 Å². The van der Waals surface area contributed by atoms with E-state index in [9.17, 15) is 4.79 Å². The summed E-state index contributed by atoms with van der Waals surface area (Å²) in [6.07, 6.45) is 0. The lowest BCUT2D eigenvalue weighted by Crippen LogP contribution is -2.41. The van der Waals surface area contributed by atoms with Gasteiger partial charge < -0.3 is 10.6 Å². The number of nitrogens with one attached hydrogen (secondary N) is 2. The first-order valence-electron chi connectivity index (χ1n) is 6.80. The first kappa shape index (κ1) is 14.1. The summed E-state index contributed by atoms with van der Waals surface area (Å²) in [5, 5.41) is 6.05. The number of amides is 1. The quantitative estimate of drug-likeness (QED) is 0.875. The fourth-order valence-corrected chi connectivity index (χ4v) is 2.24. The summed E-state index contributed by atoms with van der Waals surface area (Å²) in [5.41, 5.74) is 2.09. The molecule has 0 aromatic heterocycles. The Kier molecular flexibility index (Phi) is 4.77. The van der Waals surface area contributed by atoms with E-state index in [2.05, 4.69) is 17.6 Å². The second-order valence-corrected chi connectivity index (χ2v) is 4.80. The SMILES string of the molecule is CNC(=O)[C@@H](Nc1ccccc1)[C@@H](C)c1ccccc1. The lowest BCUT2D eigenvalue weighted by molar-refractivity contribution is -0.121. The molecule has 104 valence electrons. The third kappa shape index (κ3) is 3.38. The molecule has 0 saturated carbocycles. The molecule has 0 spiro atoms. The summed E-state index contributed by atoms with van der Waals surface area (Å²) in [4.78, 5) is 12.2. The normalized spacial score (nSPS) is 13.3. The first-order valence-corrected chi connectivity index (χ1v) is 6.80. The van der Waals surface area contributed by atoms with Crippen molar-refractivity contribution in [3.63, 3.8) is 0 Å². The van der Waals surface area contributed by atoms with E-state index in [0.29, 0.717) is 0 Å². The molecule has 1 amide bonds. The highest BCUT2D eigenvalue weighted by Crippen LogP contribution is 2.22. The van der Waals surface area contributed by atoms with Crippen molar-refractivity contribution in [1.29, 1.82) is 0 Å². The predicted molar refractivity (Wildman–Crippen MR) is 82.8 cm³/mol. The zero-order valence-electron chi connectivity index (χ0n) is 11.8. The van der Waals surface area contributed by atoms with E-state index in [1.165, 1.54) is 0 Å². The molecule has 0 aliphatic carbocycles. The molecule has 3 nitrogen and oxygen atoms in total. The fraction of sp³-hybridized carbons (Fsp3) is 0.235. The minimum Gasteiger partial charge on any atom is -0.373 e. The smallest absolute Gasteiger partial charge is 0.242 e. The molecule has 0 saturated heterocycles. The number of benzene rings is 2. The molecular formula is C17H20N2O. The number of hydrogen-bond acceptors (Lipinski definition) is 2. The van der Waals surface area contributed by atoms with Crippen LogP contribution in [0.2, 0.25) is 0 Å². The van der Waals surface area contributed by atoms with Gasteiger partial charge in [0.05, 0.1) is 0 Å². The van der Waals surface area contributed by atoms with Crippen LogP contribution in [0.15, 0.2) is 60.7 Å². The minimum absolute atomic E-state index is 0.00907. The maximum absolute atomic E-state index is 12.2. The molecule has 0 fully saturated rings. The second-order valence-electron chi connectivity index (χ2n) is 4.80. The van der Waals surface area contributed by atoms with Crippen LogP contribution < -0.4 is 10.6 Å². The Morgan fingerprint density at radius 1 is 0.950 bits per heavy atom. The molecule has 2 aromatic carbocycles. The molecule has 2 rings (SSSR count). The summed E-state index contributed by atoms with van der Waals surface area (Å²) in [6, 6.07) is 19.6. The van der Waals surface area contributed by atoms with E-state index in [4.69, 9.17) is 0 Å². The van der Waals surface area contributed by atoms with Gasteiger partial charge in [0.1, 0.15) is 6.04 Å². The fourth-order valence-electron chi connectivity index (χ4n) is 2.24. The van der Waals surface area contributed by atoms with Gasteiger partial charge in [-0.15, -0.1) is 0 Å². The van der Waals surface area contributed by atoms with Crippen molar-refractivity contribution in [2.45, 2.75) is 18.9 Å². The molecular weight excluding hydrogens is 248 g/mol. The van der Waals surface area contributed by atoms with Gasteiger partial charge in [0.25, 0.3) is 0 Å². The van der Waals surface area contributed by atoms with E-state index in [-0.39, 0.29) is 17.9 Å². The van der Waals surface area contributed by atoms with Crippen molar-refractivity contribution in [1.82, 2.24) is 5.32 Å². The molecule has 2 aromatic rings. The Morgan fingerprint density at radius 3 is 2.05 bits per heavy atom. The summed E-state index contributed by atoms with van der Waals surface area (Å²) in [6.45, 7) is 2.06. The van der Waals surface area contributed by atoms with Crippen LogP contribution in [-0.2, 0) is 4.79 Å². The van der Waals surface area contributed by atoms with Crippen LogP contribution in [0.3, 0.4) is 0 Å². The Bertz CT molecular complexity index is 539. The molecule has 20 heavy (non-hydrogen) atoms. The standard InChI is InChI=1S/C17H20N2O/c1-13(14-9-5-3-6-10-14)16(17(20)18-2)19-15-11-7-4-8-12-15/h3-13,16,19H,1-2H3,(H,18,20)/t13-,16-/m0/s1. The first-order chi connectivity index (χ1) is 9.72. The number of rotatable bonds is 5. The number of likely N-dealkylation sites (N-methyl/N-ethyl adjacent to an activating group) is 1. The average molecular weight is 268 g/mol. The Morgan fingerprint density at radius 2 is 1.50 bits per heavy atom. The lowest BCUT2D eigenvalue weighted by Gasteiger charge is -2.25. The molecule has 0 radical (unpaired) electrons. The zero-order valence-corrected chi connectivity index (χ0v) is 11.8. The van der Waals surface area contributed by atoms with E-state index >= 15 is 0 Å². The molecule has 0 bridgehead atoms. The number of anilines is 1. The van der Waals surface area contributed by atoms with Crippen LogP contribution in [0.4, 0.5) is 5.69 Å². The molecule has 0 aliphatic rings. The largest absolute Gasteiger partial charge is 0.373 e. The summed E-state index contributed by atoms with van der Waals surface area (Å²) >= 11 is 0. The Labute approximate surface area is 120 Å². The number of para-hydroxylation sites is 1. The Hall–Kier alpha value is -2.29. The van der Waals surface area contributed by atoms with Gasteiger partial charge in [0, 0.05) is 18.7 Å². The Balaban J connectivity index is 2.22. The lowest BCUT2D eigenvalue weighted by atomic mass is 9.92. The average Bonchev–Trinajstić information content (AvgIpc) is 2.53. The number of hydrogen-bond donors (Lipinski definition) is 2. The highest BCUT2D eigenvalue weighted by molar-refractivity contribution is 5.85. The maximum Gasteiger partial charge on any atom is 0.242 e. The van der Waals surface area contributed by atoms with Gasteiger partial charge in [-0.05, 0) is 17.7 Å². The van der Waals surface area contributed by atoms with Crippen molar-refractivity contribution >= 4 is 11.6 Å². The van der Waals surface area contributed by atoms with Crippen molar-refractivity contribution in [2.75, 3.05) is 12.4 Å². The molecule has 0 aliphatic heterocycles. The zero-order chi connectivity index (χ0) is 14.4. The van der Waals surface area contributed by atoms with Crippen LogP contribution >= 0.6 is 0 Å². The van der Waals surface area contributed by atoms with Crippen LogP contribution in [0, 0.1) is 0 Å². The maximum atomic E-state index is 12.2. The van der Waals surface area contributed by atoms with Crippen LogP contribution in [-0.4, -0.2) is 19.0 Å². The van der Waals surface area contributed by atoms with E-state index in [1.54, 1.807) is 7.05 Å². The summed E-state index contributed by atoms with van der Waals surface area (Å²) < 4.78 is 0. The van der Waals surface area contributed by atoms with Gasteiger partial charge in [-0.25, -0.2) is 0 Å².